The average molecular weight is 272 g/mol. The molecule has 4 nitrogen and oxygen atoms in total. The molecule has 0 spiro atoms. The molecular weight excluding hydrogens is 256 g/mol. The fourth-order valence-electron chi connectivity index (χ4n) is 1.88. The summed E-state index contributed by atoms with van der Waals surface area (Å²) in [6.45, 7) is 1.90. The van der Waals surface area contributed by atoms with Crippen LogP contribution in [0.3, 0.4) is 0 Å². The molecule has 0 fully saturated rings. The zero-order valence-corrected chi connectivity index (χ0v) is 11.4. The van der Waals surface area contributed by atoms with E-state index in [0.717, 1.165) is 5.56 Å². The molecule has 4 heteroatoms. The minimum Gasteiger partial charge on any atom is -0.493 e. The molecule has 0 aliphatic carbocycles. The lowest BCUT2D eigenvalue weighted by Gasteiger charge is -2.17. The molecule has 1 N–H and O–H groups in total. The molecule has 0 heterocycles. The molecule has 0 amide bonds. The largest absolute Gasteiger partial charge is 0.493 e. The predicted molar refractivity (Wildman–Crippen MR) is 75.4 cm³/mol. The van der Waals surface area contributed by atoms with Crippen molar-refractivity contribution in [3.8, 4) is 11.5 Å². The van der Waals surface area contributed by atoms with Crippen LogP contribution in [0, 0.1) is 0 Å². The van der Waals surface area contributed by atoms with E-state index in [1.807, 2.05) is 37.3 Å². The third-order valence-electron chi connectivity index (χ3n) is 2.98. The second kappa shape index (κ2) is 6.10. The molecule has 2 aromatic carbocycles. The molecule has 0 aliphatic heterocycles. The predicted octanol–water partition coefficient (Wildman–Crippen LogP) is 3.53. The van der Waals surface area contributed by atoms with Crippen molar-refractivity contribution in [2.24, 2.45) is 0 Å². The second-order valence-corrected chi connectivity index (χ2v) is 4.34. The summed E-state index contributed by atoms with van der Waals surface area (Å²) in [7, 11) is 1.52. The van der Waals surface area contributed by atoms with E-state index in [-0.39, 0.29) is 11.7 Å². The van der Waals surface area contributed by atoms with Crippen molar-refractivity contribution in [2.45, 2.75) is 13.0 Å². The van der Waals surface area contributed by atoms with Crippen LogP contribution >= 0.6 is 0 Å². The molecule has 20 heavy (non-hydrogen) atoms. The fourth-order valence-corrected chi connectivity index (χ4v) is 1.88. The Balaban J connectivity index is 2.27. The maximum atomic E-state index is 11.0. The van der Waals surface area contributed by atoms with E-state index in [2.05, 4.69) is 0 Å². The highest BCUT2D eigenvalue weighted by Gasteiger charge is 2.13. The quantitative estimate of drug-likeness (QED) is 0.904. The number of rotatable bonds is 5. The van der Waals surface area contributed by atoms with Gasteiger partial charge in [-0.3, -0.25) is 0 Å². The van der Waals surface area contributed by atoms with E-state index < -0.39 is 5.97 Å². The molecule has 0 radical (unpaired) electrons. The van der Waals surface area contributed by atoms with Gasteiger partial charge in [-0.05, 0) is 30.7 Å². The topological polar surface area (TPSA) is 55.8 Å². The SMILES string of the molecule is COc1ccc(C(=O)O)cc1OC(C)c1ccccc1. The number of ether oxygens (including phenoxy) is 2. The Bertz CT molecular complexity index is 593. The Kier molecular flexibility index (Phi) is 4.25. The van der Waals surface area contributed by atoms with Crippen LogP contribution in [-0.4, -0.2) is 18.2 Å². The van der Waals surface area contributed by atoms with Gasteiger partial charge in [0.2, 0.25) is 0 Å². The summed E-state index contributed by atoms with van der Waals surface area (Å²) in [4.78, 5) is 11.0. The van der Waals surface area contributed by atoms with E-state index in [9.17, 15) is 4.79 Å². The molecule has 1 unspecified atom stereocenters. The summed E-state index contributed by atoms with van der Waals surface area (Å²) in [5, 5.41) is 9.03. The molecule has 2 aromatic rings. The maximum absolute atomic E-state index is 11.0. The van der Waals surface area contributed by atoms with Crippen molar-refractivity contribution >= 4 is 5.97 Å². The van der Waals surface area contributed by atoms with Gasteiger partial charge in [-0.2, -0.15) is 0 Å². The number of benzene rings is 2. The van der Waals surface area contributed by atoms with Crippen molar-refractivity contribution in [2.75, 3.05) is 7.11 Å². The zero-order chi connectivity index (χ0) is 14.5. The summed E-state index contributed by atoms with van der Waals surface area (Å²) in [5.74, 6) is -0.0635. The third kappa shape index (κ3) is 3.09. The standard InChI is InChI=1S/C16H16O4/c1-11(12-6-4-3-5-7-12)20-15-10-13(16(17)18)8-9-14(15)19-2/h3-11H,1-2H3,(H,17,18). The molecule has 0 bridgehead atoms. The van der Waals surface area contributed by atoms with Crippen LogP contribution in [0.25, 0.3) is 0 Å². The molecule has 1 atom stereocenters. The van der Waals surface area contributed by atoms with Gasteiger partial charge in [0.05, 0.1) is 12.7 Å². The van der Waals surface area contributed by atoms with E-state index in [0.29, 0.717) is 11.5 Å². The normalized spacial score (nSPS) is 11.7. The van der Waals surface area contributed by atoms with Gasteiger partial charge in [0.1, 0.15) is 6.10 Å². The summed E-state index contributed by atoms with van der Waals surface area (Å²) < 4.78 is 11.0. The second-order valence-electron chi connectivity index (χ2n) is 4.34. The highest BCUT2D eigenvalue weighted by atomic mass is 16.5. The summed E-state index contributed by atoms with van der Waals surface area (Å²) >= 11 is 0. The van der Waals surface area contributed by atoms with Gasteiger partial charge in [0.15, 0.2) is 11.5 Å². The lowest BCUT2D eigenvalue weighted by molar-refractivity contribution is 0.0696. The van der Waals surface area contributed by atoms with Crippen LogP contribution in [0.5, 0.6) is 11.5 Å². The molecule has 0 saturated carbocycles. The first-order valence-electron chi connectivity index (χ1n) is 6.24. The van der Waals surface area contributed by atoms with Crippen molar-refractivity contribution in [3.05, 3.63) is 59.7 Å². The van der Waals surface area contributed by atoms with Gasteiger partial charge in [0, 0.05) is 0 Å². The molecule has 0 aliphatic rings. The van der Waals surface area contributed by atoms with Crippen LogP contribution < -0.4 is 9.47 Å². The Hall–Kier alpha value is -2.49. The highest BCUT2D eigenvalue weighted by molar-refractivity contribution is 5.88. The molecule has 104 valence electrons. The Morgan fingerprint density at radius 3 is 2.40 bits per heavy atom. The number of carbonyl (C=O) groups is 1. The van der Waals surface area contributed by atoms with Crippen molar-refractivity contribution in [1.82, 2.24) is 0 Å². The average Bonchev–Trinajstić information content (AvgIpc) is 2.48. The molecular formula is C16H16O4. The molecule has 2 rings (SSSR count). The van der Waals surface area contributed by atoms with Crippen LogP contribution in [-0.2, 0) is 0 Å². The maximum Gasteiger partial charge on any atom is 0.335 e. The Labute approximate surface area is 117 Å². The highest BCUT2D eigenvalue weighted by Crippen LogP contribution is 2.32. The summed E-state index contributed by atoms with van der Waals surface area (Å²) in [5.41, 5.74) is 1.18. The van der Waals surface area contributed by atoms with Gasteiger partial charge >= 0.3 is 5.97 Å². The minimum atomic E-state index is -0.995. The lowest BCUT2D eigenvalue weighted by Crippen LogP contribution is -2.05. The molecule has 0 aromatic heterocycles. The van der Waals surface area contributed by atoms with Crippen LogP contribution in [0.15, 0.2) is 48.5 Å². The van der Waals surface area contributed by atoms with E-state index in [1.165, 1.54) is 19.2 Å². The number of aromatic carboxylic acids is 1. The number of methoxy groups -OCH3 is 1. The first kappa shape index (κ1) is 13.9. The number of hydrogen-bond acceptors (Lipinski definition) is 3. The fraction of sp³-hybridized carbons (Fsp3) is 0.188. The van der Waals surface area contributed by atoms with Crippen molar-refractivity contribution in [3.63, 3.8) is 0 Å². The number of carboxylic acid groups (broad SMARTS) is 1. The monoisotopic (exact) mass is 272 g/mol. The van der Waals surface area contributed by atoms with E-state index in [4.69, 9.17) is 14.6 Å². The number of carboxylic acids is 1. The Morgan fingerprint density at radius 1 is 1.10 bits per heavy atom. The smallest absolute Gasteiger partial charge is 0.335 e. The minimum absolute atomic E-state index is 0.168. The zero-order valence-electron chi connectivity index (χ0n) is 11.4. The van der Waals surface area contributed by atoms with Crippen molar-refractivity contribution < 1.29 is 19.4 Å². The van der Waals surface area contributed by atoms with E-state index in [1.54, 1.807) is 6.07 Å². The van der Waals surface area contributed by atoms with Gasteiger partial charge in [-0.1, -0.05) is 30.3 Å². The van der Waals surface area contributed by atoms with Gasteiger partial charge in [-0.15, -0.1) is 0 Å². The lowest BCUT2D eigenvalue weighted by atomic mass is 10.1. The van der Waals surface area contributed by atoms with Crippen LogP contribution in [0.1, 0.15) is 28.9 Å². The third-order valence-corrected chi connectivity index (χ3v) is 2.98. The van der Waals surface area contributed by atoms with E-state index >= 15 is 0 Å². The Morgan fingerprint density at radius 2 is 1.80 bits per heavy atom. The van der Waals surface area contributed by atoms with Gasteiger partial charge in [-0.25, -0.2) is 4.79 Å². The van der Waals surface area contributed by atoms with Crippen LogP contribution in [0.2, 0.25) is 0 Å². The number of hydrogen-bond donors (Lipinski definition) is 1. The molecule has 0 saturated heterocycles. The van der Waals surface area contributed by atoms with Gasteiger partial charge in [0.25, 0.3) is 0 Å². The van der Waals surface area contributed by atoms with Crippen molar-refractivity contribution in [1.29, 1.82) is 0 Å². The summed E-state index contributed by atoms with van der Waals surface area (Å²) in [6, 6.07) is 14.3. The first-order chi connectivity index (χ1) is 9.61. The first-order valence-corrected chi connectivity index (χ1v) is 6.24. The van der Waals surface area contributed by atoms with Gasteiger partial charge < -0.3 is 14.6 Å². The van der Waals surface area contributed by atoms with Crippen LogP contribution in [0.4, 0.5) is 0 Å². The summed E-state index contributed by atoms with van der Waals surface area (Å²) in [6.07, 6.45) is -0.200.